The Morgan fingerprint density at radius 1 is 1.53 bits per heavy atom. The quantitative estimate of drug-likeness (QED) is 0.920. The van der Waals surface area contributed by atoms with Crippen molar-refractivity contribution in [2.24, 2.45) is 0 Å². The SMILES string of the molecule is C[C@H](c1ccccc1Cl)N(C)C(=O)[C@@H]1CNCCO1. The van der Waals surface area contributed by atoms with Gasteiger partial charge in [0.15, 0.2) is 0 Å². The molecule has 1 aliphatic rings. The van der Waals surface area contributed by atoms with Crippen LogP contribution in [0, 0.1) is 0 Å². The third kappa shape index (κ3) is 3.26. The Hall–Kier alpha value is -1.10. The zero-order valence-corrected chi connectivity index (χ0v) is 12.0. The van der Waals surface area contributed by atoms with Crippen LogP contribution in [0.4, 0.5) is 0 Å². The van der Waals surface area contributed by atoms with E-state index < -0.39 is 6.10 Å². The third-order valence-electron chi connectivity index (χ3n) is 3.49. The van der Waals surface area contributed by atoms with Crippen molar-refractivity contribution in [2.45, 2.75) is 19.1 Å². The van der Waals surface area contributed by atoms with Gasteiger partial charge in [-0.05, 0) is 18.6 Å². The van der Waals surface area contributed by atoms with Gasteiger partial charge in [0.2, 0.25) is 0 Å². The summed E-state index contributed by atoms with van der Waals surface area (Å²) < 4.78 is 5.49. The average molecular weight is 283 g/mol. The molecule has 2 atom stereocenters. The minimum atomic E-state index is -0.399. The smallest absolute Gasteiger partial charge is 0.253 e. The summed E-state index contributed by atoms with van der Waals surface area (Å²) >= 11 is 6.17. The Balaban J connectivity index is 2.08. The van der Waals surface area contributed by atoms with Crippen LogP contribution in [0.15, 0.2) is 24.3 Å². The Morgan fingerprint density at radius 2 is 2.26 bits per heavy atom. The van der Waals surface area contributed by atoms with Gasteiger partial charge >= 0.3 is 0 Å². The van der Waals surface area contributed by atoms with Crippen molar-refractivity contribution in [2.75, 3.05) is 26.7 Å². The molecular formula is C14H19ClN2O2. The van der Waals surface area contributed by atoms with E-state index in [0.29, 0.717) is 18.2 Å². The molecule has 1 N–H and O–H groups in total. The first-order valence-electron chi connectivity index (χ1n) is 6.44. The molecule has 1 aliphatic heterocycles. The fourth-order valence-electron chi connectivity index (χ4n) is 2.16. The van der Waals surface area contributed by atoms with Crippen molar-refractivity contribution in [3.63, 3.8) is 0 Å². The summed E-state index contributed by atoms with van der Waals surface area (Å²) in [7, 11) is 1.79. The number of ether oxygens (including phenoxy) is 1. The molecule has 0 aliphatic carbocycles. The van der Waals surface area contributed by atoms with Crippen LogP contribution in [-0.2, 0) is 9.53 Å². The molecule has 1 saturated heterocycles. The number of halogens is 1. The Morgan fingerprint density at radius 3 is 2.89 bits per heavy atom. The van der Waals surface area contributed by atoms with E-state index in [0.717, 1.165) is 12.1 Å². The number of rotatable bonds is 3. The summed E-state index contributed by atoms with van der Waals surface area (Å²) in [5.74, 6) is -0.0142. The molecule has 19 heavy (non-hydrogen) atoms. The maximum atomic E-state index is 12.3. The molecule has 1 fully saturated rings. The van der Waals surface area contributed by atoms with Crippen LogP contribution in [0.25, 0.3) is 0 Å². The van der Waals surface area contributed by atoms with E-state index in [9.17, 15) is 4.79 Å². The second-order valence-corrected chi connectivity index (χ2v) is 5.12. The largest absolute Gasteiger partial charge is 0.366 e. The minimum absolute atomic E-state index is 0.0142. The molecule has 0 spiro atoms. The predicted octanol–water partition coefficient (Wildman–Crippen LogP) is 1.85. The summed E-state index contributed by atoms with van der Waals surface area (Å²) in [5.41, 5.74) is 0.948. The minimum Gasteiger partial charge on any atom is -0.366 e. The monoisotopic (exact) mass is 282 g/mol. The highest BCUT2D eigenvalue weighted by Crippen LogP contribution is 2.26. The van der Waals surface area contributed by atoms with Crippen LogP contribution in [0.2, 0.25) is 5.02 Å². The van der Waals surface area contributed by atoms with Crippen LogP contribution in [0.3, 0.4) is 0 Å². The van der Waals surface area contributed by atoms with Gasteiger partial charge in [-0.3, -0.25) is 4.79 Å². The molecule has 0 aromatic heterocycles. The van der Waals surface area contributed by atoms with E-state index >= 15 is 0 Å². The second kappa shape index (κ2) is 6.37. The molecule has 5 heteroatoms. The molecular weight excluding hydrogens is 264 g/mol. The summed E-state index contributed by atoms with van der Waals surface area (Å²) in [6, 6.07) is 7.51. The molecule has 1 amide bonds. The fraction of sp³-hybridized carbons (Fsp3) is 0.500. The van der Waals surface area contributed by atoms with Crippen LogP contribution in [-0.4, -0.2) is 43.7 Å². The van der Waals surface area contributed by atoms with Crippen LogP contribution in [0.1, 0.15) is 18.5 Å². The molecule has 1 aromatic carbocycles. The molecule has 4 nitrogen and oxygen atoms in total. The standard InChI is InChI=1S/C14H19ClN2O2/c1-10(11-5-3-4-6-12(11)15)17(2)14(18)13-9-16-7-8-19-13/h3-6,10,13,16H,7-9H2,1-2H3/t10-,13+/m1/s1. The van der Waals surface area contributed by atoms with Gasteiger partial charge in [-0.25, -0.2) is 0 Å². The van der Waals surface area contributed by atoms with Gasteiger partial charge in [0, 0.05) is 25.2 Å². The van der Waals surface area contributed by atoms with E-state index in [1.165, 1.54) is 0 Å². The third-order valence-corrected chi connectivity index (χ3v) is 3.83. The summed E-state index contributed by atoms with van der Waals surface area (Å²) in [6.07, 6.45) is -0.399. The summed E-state index contributed by atoms with van der Waals surface area (Å²) in [4.78, 5) is 14.0. The number of carbonyl (C=O) groups is 1. The van der Waals surface area contributed by atoms with Gasteiger partial charge in [-0.15, -0.1) is 0 Å². The van der Waals surface area contributed by atoms with E-state index in [2.05, 4.69) is 5.32 Å². The van der Waals surface area contributed by atoms with Gasteiger partial charge in [0.1, 0.15) is 6.10 Å². The van der Waals surface area contributed by atoms with Gasteiger partial charge in [-0.2, -0.15) is 0 Å². The first-order chi connectivity index (χ1) is 9.11. The van der Waals surface area contributed by atoms with Crippen molar-refractivity contribution < 1.29 is 9.53 Å². The molecule has 0 bridgehead atoms. The number of morpholine rings is 1. The number of hydrogen-bond acceptors (Lipinski definition) is 3. The fourth-order valence-corrected chi connectivity index (χ4v) is 2.46. The van der Waals surface area contributed by atoms with Gasteiger partial charge < -0.3 is 15.0 Å². The van der Waals surface area contributed by atoms with Crippen molar-refractivity contribution >= 4 is 17.5 Å². The number of nitrogens with one attached hydrogen (secondary N) is 1. The van der Waals surface area contributed by atoms with Crippen molar-refractivity contribution in [3.05, 3.63) is 34.9 Å². The molecule has 2 rings (SSSR count). The van der Waals surface area contributed by atoms with Crippen LogP contribution in [0.5, 0.6) is 0 Å². The molecule has 0 saturated carbocycles. The predicted molar refractivity (Wildman–Crippen MR) is 75.2 cm³/mol. The highest BCUT2D eigenvalue weighted by Gasteiger charge is 2.28. The van der Waals surface area contributed by atoms with Gasteiger partial charge in [0.25, 0.3) is 5.91 Å². The first-order valence-corrected chi connectivity index (χ1v) is 6.82. The van der Waals surface area contributed by atoms with Crippen molar-refractivity contribution in [3.8, 4) is 0 Å². The zero-order chi connectivity index (χ0) is 13.8. The number of hydrogen-bond donors (Lipinski definition) is 1. The number of benzene rings is 1. The lowest BCUT2D eigenvalue weighted by molar-refractivity contribution is -0.145. The van der Waals surface area contributed by atoms with Gasteiger partial charge in [0.05, 0.1) is 12.6 Å². The molecule has 1 aromatic rings. The maximum absolute atomic E-state index is 12.3. The van der Waals surface area contributed by atoms with Gasteiger partial charge in [-0.1, -0.05) is 29.8 Å². The molecule has 104 valence electrons. The number of nitrogens with zero attached hydrogens (tertiary/aromatic N) is 1. The van der Waals surface area contributed by atoms with E-state index in [4.69, 9.17) is 16.3 Å². The molecule has 0 unspecified atom stereocenters. The summed E-state index contributed by atoms with van der Waals surface area (Å²) in [5, 5.41) is 3.84. The Bertz CT molecular complexity index is 447. The average Bonchev–Trinajstić information content (AvgIpc) is 2.46. The number of likely N-dealkylation sites (N-methyl/N-ethyl adjacent to an activating group) is 1. The first kappa shape index (κ1) is 14.3. The second-order valence-electron chi connectivity index (χ2n) is 4.71. The van der Waals surface area contributed by atoms with Crippen LogP contribution >= 0.6 is 11.6 Å². The maximum Gasteiger partial charge on any atom is 0.253 e. The number of carbonyl (C=O) groups excluding carboxylic acids is 1. The lowest BCUT2D eigenvalue weighted by atomic mass is 10.1. The Labute approximate surface area is 118 Å². The van der Waals surface area contributed by atoms with Crippen molar-refractivity contribution in [1.29, 1.82) is 0 Å². The zero-order valence-electron chi connectivity index (χ0n) is 11.2. The molecule has 0 radical (unpaired) electrons. The Kier molecular flexibility index (Phi) is 4.80. The topological polar surface area (TPSA) is 41.6 Å². The number of amides is 1. The van der Waals surface area contributed by atoms with Crippen LogP contribution < -0.4 is 5.32 Å². The lowest BCUT2D eigenvalue weighted by Gasteiger charge is -2.31. The van der Waals surface area contributed by atoms with E-state index in [1.54, 1.807) is 11.9 Å². The van der Waals surface area contributed by atoms with E-state index in [1.807, 2.05) is 31.2 Å². The van der Waals surface area contributed by atoms with E-state index in [-0.39, 0.29) is 11.9 Å². The summed E-state index contributed by atoms with van der Waals surface area (Å²) in [6.45, 7) is 3.91. The molecule has 1 heterocycles. The lowest BCUT2D eigenvalue weighted by Crippen LogP contribution is -2.48. The normalized spacial score (nSPS) is 20.9. The highest BCUT2D eigenvalue weighted by atomic mass is 35.5. The highest BCUT2D eigenvalue weighted by molar-refractivity contribution is 6.31. The van der Waals surface area contributed by atoms with Crippen molar-refractivity contribution in [1.82, 2.24) is 10.2 Å².